The van der Waals surface area contributed by atoms with Gasteiger partial charge in [-0.05, 0) is 72.3 Å². The van der Waals surface area contributed by atoms with Crippen molar-refractivity contribution in [1.29, 1.82) is 0 Å². The van der Waals surface area contributed by atoms with Gasteiger partial charge in [0.25, 0.3) is 0 Å². The number of nitrogens with zero attached hydrogens (tertiary/aromatic N) is 2. The molecule has 0 aromatic heterocycles. The van der Waals surface area contributed by atoms with Crippen LogP contribution in [0.1, 0.15) is 60.9 Å². The first-order valence-electron chi connectivity index (χ1n) is 17.9. The third kappa shape index (κ3) is 13.1. The zero-order valence-electron chi connectivity index (χ0n) is 30.1. The van der Waals surface area contributed by atoms with Gasteiger partial charge >= 0.3 is 6.03 Å². The van der Waals surface area contributed by atoms with Gasteiger partial charge in [-0.3, -0.25) is 29.6 Å². The van der Waals surface area contributed by atoms with Gasteiger partial charge in [-0.25, -0.2) is 4.79 Å². The number of amides is 5. The number of phenolic OH excluding ortho intramolecular Hbond substituents is 1. The Kier molecular flexibility index (Phi) is 15.9. The minimum absolute atomic E-state index is 0.111. The Labute approximate surface area is 309 Å². The van der Waals surface area contributed by atoms with Gasteiger partial charge < -0.3 is 42.6 Å². The number of benzene rings is 3. The molecule has 0 unspecified atom stereocenters. The molecule has 15 heteroatoms. The summed E-state index contributed by atoms with van der Waals surface area (Å²) in [5.74, 6) is -0.237. The van der Waals surface area contributed by atoms with E-state index in [1.807, 2.05) is 48.5 Å². The van der Waals surface area contributed by atoms with Crippen LogP contribution in [0.5, 0.6) is 11.5 Å². The molecule has 0 aliphatic carbocycles. The molecule has 0 fully saturated rings. The number of nitrogens with one attached hydrogen (secondary N) is 5. The van der Waals surface area contributed by atoms with E-state index in [-0.39, 0.29) is 56.1 Å². The highest BCUT2D eigenvalue weighted by Gasteiger charge is 2.34. The molecule has 284 valence electrons. The number of urea groups is 1. The Morgan fingerprint density at radius 1 is 0.906 bits per heavy atom. The van der Waals surface area contributed by atoms with Crippen molar-refractivity contribution >= 4 is 29.7 Å². The minimum atomic E-state index is -0.929. The number of phenols is 1. The van der Waals surface area contributed by atoms with Gasteiger partial charge in [-0.1, -0.05) is 55.5 Å². The molecule has 0 saturated carbocycles. The van der Waals surface area contributed by atoms with Crippen LogP contribution in [0.2, 0.25) is 0 Å². The second-order valence-corrected chi connectivity index (χ2v) is 12.6. The van der Waals surface area contributed by atoms with Gasteiger partial charge in [-0.2, -0.15) is 0 Å². The Bertz CT molecular complexity index is 1680. The standard InChI is InChI=1S/C38H51N9O6/c1-2-33(49)41-19-20-43-38(52)46-37(40)42-18-6-12-32(35(50)44-23-26-13-15-30(48)16-14-26)45-36(51)34(47-24-28-8-3-4-9-29(28)25-47)27-10-5-11-31(22-27)53-21-7-17-39/h3-5,8-11,13-16,22,32,34,48H,2,6-7,12,17-21,23-25,39H2,1H3,(H,41,49)(H,44,50)(H,45,51)(H4,40,42,43,46,52)/t32-,34+/m1/s1. The number of guanidine groups is 1. The van der Waals surface area contributed by atoms with Crippen LogP contribution in [0.4, 0.5) is 4.79 Å². The third-order valence-electron chi connectivity index (χ3n) is 8.53. The fraction of sp³-hybridized carbons (Fsp3) is 0.395. The fourth-order valence-electron chi connectivity index (χ4n) is 5.76. The maximum atomic E-state index is 14.4. The van der Waals surface area contributed by atoms with Crippen molar-refractivity contribution in [3.05, 3.63) is 95.1 Å². The Morgan fingerprint density at radius 2 is 1.62 bits per heavy atom. The molecule has 3 aromatic rings. The van der Waals surface area contributed by atoms with Crippen LogP contribution < -0.4 is 42.8 Å². The van der Waals surface area contributed by atoms with Gasteiger partial charge in [0.15, 0.2) is 5.96 Å². The predicted molar refractivity (Wildman–Crippen MR) is 201 cm³/mol. The average Bonchev–Trinajstić information content (AvgIpc) is 3.58. The summed E-state index contributed by atoms with van der Waals surface area (Å²) < 4.78 is 5.91. The molecular formula is C38H51N9O6. The largest absolute Gasteiger partial charge is 0.508 e. The summed E-state index contributed by atoms with van der Waals surface area (Å²) in [6.07, 6.45) is 1.62. The SMILES string of the molecule is CCC(=O)NCCNC(=O)NC(N)=NCCC[C@@H](NC(=O)[C@H](c1cccc(OCCCN)c1)N1Cc2ccccc2C1)C(=O)NCc1ccc(O)cc1. The molecule has 2 atom stereocenters. The van der Waals surface area contributed by atoms with Crippen molar-refractivity contribution < 1.29 is 29.0 Å². The normalized spacial score (nSPS) is 13.7. The second kappa shape index (κ2) is 21.0. The topological polar surface area (TPSA) is 226 Å². The summed E-state index contributed by atoms with van der Waals surface area (Å²) in [6, 6.07) is 19.7. The lowest BCUT2D eigenvalue weighted by Gasteiger charge is -2.29. The first-order valence-corrected chi connectivity index (χ1v) is 17.9. The highest BCUT2D eigenvalue weighted by atomic mass is 16.5. The lowest BCUT2D eigenvalue weighted by atomic mass is 10.0. The first-order chi connectivity index (χ1) is 25.7. The summed E-state index contributed by atoms with van der Waals surface area (Å²) in [4.78, 5) is 57.8. The number of aromatic hydroxyl groups is 1. The summed E-state index contributed by atoms with van der Waals surface area (Å²) in [6.45, 7) is 4.62. The number of carbonyl (C=O) groups is 4. The van der Waals surface area contributed by atoms with Gasteiger partial charge in [0, 0.05) is 45.7 Å². The number of rotatable bonds is 19. The third-order valence-corrected chi connectivity index (χ3v) is 8.53. The quantitative estimate of drug-likeness (QED) is 0.0512. The van der Waals surface area contributed by atoms with Gasteiger partial charge in [0.2, 0.25) is 17.7 Å². The van der Waals surface area contributed by atoms with Crippen LogP contribution in [0.3, 0.4) is 0 Å². The van der Waals surface area contributed by atoms with E-state index in [0.717, 1.165) is 22.3 Å². The molecule has 0 spiro atoms. The summed E-state index contributed by atoms with van der Waals surface area (Å²) in [7, 11) is 0. The van der Waals surface area contributed by atoms with E-state index in [4.69, 9.17) is 16.2 Å². The molecule has 0 saturated heterocycles. The van der Waals surface area contributed by atoms with E-state index in [0.29, 0.717) is 51.3 Å². The highest BCUT2D eigenvalue weighted by Crippen LogP contribution is 2.33. The molecule has 0 bridgehead atoms. The Hall–Kier alpha value is -5.67. The number of fused-ring (bicyclic) bond motifs is 1. The molecule has 1 aliphatic heterocycles. The van der Waals surface area contributed by atoms with Gasteiger partial charge in [0.05, 0.1) is 6.61 Å². The van der Waals surface area contributed by atoms with E-state index in [1.54, 1.807) is 19.1 Å². The molecule has 15 nitrogen and oxygen atoms in total. The van der Waals surface area contributed by atoms with Crippen molar-refractivity contribution in [2.45, 2.75) is 64.3 Å². The molecule has 0 radical (unpaired) electrons. The zero-order chi connectivity index (χ0) is 38.0. The summed E-state index contributed by atoms with van der Waals surface area (Å²) >= 11 is 0. The molecule has 3 aromatic carbocycles. The van der Waals surface area contributed by atoms with E-state index < -0.39 is 24.0 Å². The summed E-state index contributed by atoms with van der Waals surface area (Å²) in [5.41, 5.74) is 15.3. The van der Waals surface area contributed by atoms with Crippen LogP contribution in [0.15, 0.2) is 77.8 Å². The van der Waals surface area contributed by atoms with Crippen molar-refractivity contribution in [3.63, 3.8) is 0 Å². The zero-order valence-corrected chi connectivity index (χ0v) is 30.1. The number of hydrogen-bond acceptors (Lipinski definition) is 9. The van der Waals surface area contributed by atoms with Crippen molar-refractivity contribution in [3.8, 4) is 11.5 Å². The van der Waals surface area contributed by atoms with Crippen LogP contribution in [-0.4, -0.2) is 78.5 Å². The lowest BCUT2D eigenvalue weighted by molar-refractivity contribution is -0.132. The minimum Gasteiger partial charge on any atom is -0.508 e. The molecule has 1 aliphatic rings. The number of ether oxygens (including phenoxy) is 1. The van der Waals surface area contributed by atoms with E-state index in [9.17, 15) is 24.3 Å². The van der Waals surface area contributed by atoms with Crippen LogP contribution >= 0.6 is 0 Å². The molecular weight excluding hydrogens is 678 g/mol. The number of hydrogen-bond donors (Lipinski definition) is 8. The predicted octanol–water partition coefficient (Wildman–Crippen LogP) is 1.90. The van der Waals surface area contributed by atoms with Crippen molar-refractivity contribution in [2.24, 2.45) is 16.5 Å². The average molecular weight is 730 g/mol. The van der Waals surface area contributed by atoms with Crippen LogP contribution in [0, 0.1) is 0 Å². The number of aliphatic imine (C=N–C) groups is 1. The first kappa shape index (κ1) is 40.1. The maximum Gasteiger partial charge on any atom is 0.321 e. The van der Waals surface area contributed by atoms with E-state index in [1.165, 1.54) is 12.1 Å². The molecule has 10 N–H and O–H groups in total. The smallest absolute Gasteiger partial charge is 0.321 e. The molecule has 1 heterocycles. The number of nitrogens with two attached hydrogens (primary N) is 2. The molecule has 5 amide bonds. The maximum absolute atomic E-state index is 14.4. The van der Waals surface area contributed by atoms with Crippen LogP contribution in [0.25, 0.3) is 0 Å². The van der Waals surface area contributed by atoms with Crippen molar-refractivity contribution in [2.75, 3.05) is 32.8 Å². The van der Waals surface area contributed by atoms with Crippen molar-refractivity contribution in [1.82, 2.24) is 31.5 Å². The monoisotopic (exact) mass is 729 g/mol. The Balaban J connectivity index is 1.46. The highest BCUT2D eigenvalue weighted by molar-refractivity contribution is 5.95. The fourth-order valence-corrected chi connectivity index (χ4v) is 5.76. The number of carbonyl (C=O) groups excluding carboxylic acids is 4. The molecule has 4 rings (SSSR count). The molecule has 53 heavy (non-hydrogen) atoms. The summed E-state index contributed by atoms with van der Waals surface area (Å²) in [5, 5.41) is 23.3. The van der Waals surface area contributed by atoms with Gasteiger partial charge in [0.1, 0.15) is 23.6 Å². The van der Waals surface area contributed by atoms with Crippen LogP contribution in [-0.2, 0) is 34.0 Å². The lowest BCUT2D eigenvalue weighted by Crippen LogP contribution is -2.50. The Morgan fingerprint density at radius 3 is 2.32 bits per heavy atom. The van der Waals surface area contributed by atoms with Gasteiger partial charge in [-0.15, -0.1) is 0 Å². The van der Waals surface area contributed by atoms with E-state index >= 15 is 0 Å². The second-order valence-electron chi connectivity index (χ2n) is 12.6. The van der Waals surface area contributed by atoms with E-state index in [2.05, 4.69) is 36.5 Å².